The number of esters is 1. The highest BCUT2D eigenvalue weighted by atomic mass is 16.6. The number of fused-ring (bicyclic) bond motifs is 1. The lowest BCUT2D eigenvalue weighted by Gasteiger charge is -2.28. The van der Waals surface area contributed by atoms with Gasteiger partial charge >= 0.3 is 5.97 Å². The summed E-state index contributed by atoms with van der Waals surface area (Å²) in [7, 11) is 0. The molecular formula is C16H19NO4. The highest BCUT2D eigenvalue weighted by Gasteiger charge is 2.51. The van der Waals surface area contributed by atoms with Crippen molar-refractivity contribution in [1.29, 1.82) is 0 Å². The van der Waals surface area contributed by atoms with E-state index in [0.717, 1.165) is 0 Å². The molecule has 4 atom stereocenters. The molecule has 1 N–H and O–H groups in total. The Morgan fingerprint density at radius 3 is 2.67 bits per heavy atom. The quantitative estimate of drug-likeness (QED) is 0.674. The van der Waals surface area contributed by atoms with Crippen LogP contribution in [0.4, 0.5) is 0 Å². The van der Waals surface area contributed by atoms with Gasteiger partial charge in [-0.05, 0) is 31.9 Å². The number of amides is 1. The van der Waals surface area contributed by atoms with E-state index in [-0.39, 0.29) is 36.0 Å². The molecule has 0 bridgehead atoms. The van der Waals surface area contributed by atoms with Gasteiger partial charge in [0.1, 0.15) is 0 Å². The summed E-state index contributed by atoms with van der Waals surface area (Å²) >= 11 is 0. The van der Waals surface area contributed by atoms with Crippen molar-refractivity contribution in [2.45, 2.75) is 38.0 Å². The summed E-state index contributed by atoms with van der Waals surface area (Å²) < 4.78 is 10.6. The normalized spacial score (nSPS) is 30.1. The average molecular weight is 289 g/mol. The molecule has 0 unspecified atom stereocenters. The fourth-order valence-electron chi connectivity index (χ4n) is 2.93. The van der Waals surface area contributed by atoms with Crippen molar-refractivity contribution in [3.8, 4) is 0 Å². The van der Waals surface area contributed by atoms with E-state index < -0.39 is 0 Å². The van der Waals surface area contributed by atoms with E-state index in [1.807, 2.05) is 18.2 Å². The van der Waals surface area contributed by atoms with Crippen LogP contribution in [0.5, 0.6) is 0 Å². The zero-order chi connectivity index (χ0) is 14.8. The van der Waals surface area contributed by atoms with Crippen LogP contribution in [0.1, 0.15) is 30.1 Å². The van der Waals surface area contributed by atoms with Gasteiger partial charge in [0, 0.05) is 11.6 Å². The second-order valence-corrected chi connectivity index (χ2v) is 5.49. The summed E-state index contributed by atoms with van der Waals surface area (Å²) in [6.45, 7) is 2.14. The topological polar surface area (TPSA) is 67.9 Å². The van der Waals surface area contributed by atoms with Gasteiger partial charge in [-0.3, -0.25) is 9.59 Å². The first kappa shape index (κ1) is 14.1. The van der Waals surface area contributed by atoms with Gasteiger partial charge in [0.05, 0.1) is 24.7 Å². The predicted octanol–water partition coefficient (Wildman–Crippen LogP) is 1.53. The molecule has 1 aliphatic carbocycles. The van der Waals surface area contributed by atoms with E-state index in [9.17, 15) is 9.59 Å². The molecule has 1 aliphatic heterocycles. The number of benzene rings is 1. The van der Waals surface area contributed by atoms with E-state index in [1.165, 1.54) is 0 Å². The molecule has 0 spiro atoms. The van der Waals surface area contributed by atoms with E-state index in [2.05, 4.69) is 5.32 Å². The van der Waals surface area contributed by atoms with Gasteiger partial charge in [-0.1, -0.05) is 18.2 Å². The van der Waals surface area contributed by atoms with E-state index in [0.29, 0.717) is 25.0 Å². The van der Waals surface area contributed by atoms with Crippen molar-refractivity contribution >= 4 is 11.9 Å². The fraction of sp³-hybridized carbons (Fsp3) is 0.500. The van der Waals surface area contributed by atoms with E-state index >= 15 is 0 Å². The van der Waals surface area contributed by atoms with Crippen LogP contribution in [0.25, 0.3) is 0 Å². The van der Waals surface area contributed by atoms with Gasteiger partial charge in [0.15, 0.2) is 0 Å². The molecule has 2 fully saturated rings. The minimum Gasteiger partial charge on any atom is -0.466 e. The lowest BCUT2D eigenvalue weighted by Crippen LogP contribution is -2.47. The van der Waals surface area contributed by atoms with Crippen molar-refractivity contribution < 1.29 is 19.1 Å². The van der Waals surface area contributed by atoms with Crippen molar-refractivity contribution in [1.82, 2.24) is 5.32 Å². The van der Waals surface area contributed by atoms with Crippen LogP contribution < -0.4 is 5.32 Å². The Morgan fingerprint density at radius 2 is 1.95 bits per heavy atom. The third-order valence-corrected chi connectivity index (χ3v) is 4.09. The molecule has 0 radical (unpaired) electrons. The number of rotatable bonds is 4. The first-order valence-corrected chi connectivity index (χ1v) is 7.37. The smallest absolute Gasteiger partial charge is 0.311 e. The van der Waals surface area contributed by atoms with E-state index in [4.69, 9.17) is 9.47 Å². The second-order valence-electron chi connectivity index (χ2n) is 5.49. The Labute approximate surface area is 123 Å². The summed E-state index contributed by atoms with van der Waals surface area (Å²) in [5.74, 6) is -0.722. The van der Waals surface area contributed by atoms with Crippen LogP contribution >= 0.6 is 0 Å². The molecule has 1 saturated carbocycles. The van der Waals surface area contributed by atoms with Crippen molar-refractivity contribution in [3.05, 3.63) is 35.9 Å². The van der Waals surface area contributed by atoms with Crippen LogP contribution in [-0.2, 0) is 14.3 Å². The van der Waals surface area contributed by atoms with Crippen molar-refractivity contribution in [2.24, 2.45) is 5.92 Å². The van der Waals surface area contributed by atoms with Gasteiger partial charge in [0.2, 0.25) is 0 Å². The summed E-state index contributed by atoms with van der Waals surface area (Å²) in [5.41, 5.74) is 0.596. The Hall–Kier alpha value is -1.88. The number of epoxide rings is 1. The maximum Gasteiger partial charge on any atom is 0.311 e. The number of hydrogen-bond acceptors (Lipinski definition) is 4. The van der Waals surface area contributed by atoms with Crippen molar-refractivity contribution in [2.75, 3.05) is 6.61 Å². The molecule has 5 nitrogen and oxygen atoms in total. The largest absolute Gasteiger partial charge is 0.466 e. The molecule has 5 heteroatoms. The number of hydrogen-bond donors (Lipinski definition) is 1. The Morgan fingerprint density at radius 1 is 1.24 bits per heavy atom. The van der Waals surface area contributed by atoms with Gasteiger partial charge in [-0.25, -0.2) is 0 Å². The maximum atomic E-state index is 12.3. The van der Waals surface area contributed by atoms with E-state index in [1.54, 1.807) is 19.1 Å². The zero-order valence-electron chi connectivity index (χ0n) is 12.0. The average Bonchev–Trinajstić information content (AvgIpc) is 3.25. The second kappa shape index (κ2) is 5.85. The molecule has 2 aliphatic rings. The van der Waals surface area contributed by atoms with Crippen LogP contribution in [-0.4, -0.2) is 36.7 Å². The summed E-state index contributed by atoms with van der Waals surface area (Å²) in [5, 5.41) is 2.96. The number of carbonyl (C=O) groups is 2. The van der Waals surface area contributed by atoms with Gasteiger partial charge < -0.3 is 14.8 Å². The zero-order valence-corrected chi connectivity index (χ0v) is 12.0. The van der Waals surface area contributed by atoms with Crippen LogP contribution in [0.15, 0.2) is 30.3 Å². The first-order valence-electron chi connectivity index (χ1n) is 7.37. The third kappa shape index (κ3) is 3.08. The molecule has 1 amide bonds. The number of nitrogens with one attached hydrogen (secondary N) is 1. The van der Waals surface area contributed by atoms with Crippen LogP contribution in [0.3, 0.4) is 0 Å². The molecule has 0 aromatic heterocycles. The van der Waals surface area contributed by atoms with Gasteiger partial charge in [-0.2, -0.15) is 0 Å². The monoisotopic (exact) mass is 289 g/mol. The highest BCUT2D eigenvalue weighted by Crippen LogP contribution is 2.40. The molecule has 1 heterocycles. The summed E-state index contributed by atoms with van der Waals surface area (Å²) in [6.07, 6.45) is 1.64. The fourth-order valence-corrected chi connectivity index (χ4v) is 2.93. The standard InChI is InChI=1S/C16H19NO4/c1-2-20-16(19)11-8-13-14(21-13)9-12(11)17-15(18)10-6-4-3-5-7-10/h3-7,11-14H,2,8-9H2,1H3,(H,17,18)/t11-,12-,13-,14+/m0/s1. The lowest BCUT2D eigenvalue weighted by molar-refractivity contribution is -0.149. The lowest BCUT2D eigenvalue weighted by atomic mass is 9.84. The minimum atomic E-state index is -0.318. The Balaban J connectivity index is 1.69. The molecular weight excluding hydrogens is 270 g/mol. The van der Waals surface area contributed by atoms with Gasteiger partial charge in [-0.15, -0.1) is 0 Å². The predicted molar refractivity (Wildman–Crippen MR) is 75.7 cm³/mol. The Kier molecular flexibility index (Phi) is 3.92. The van der Waals surface area contributed by atoms with Gasteiger partial charge in [0.25, 0.3) is 5.91 Å². The first-order chi connectivity index (χ1) is 10.2. The molecule has 1 aromatic carbocycles. The highest BCUT2D eigenvalue weighted by molar-refractivity contribution is 5.94. The number of carbonyl (C=O) groups excluding carboxylic acids is 2. The maximum absolute atomic E-state index is 12.3. The summed E-state index contributed by atoms with van der Waals surface area (Å²) in [6, 6.07) is 8.79. The van der Waals surface area contributed by atoms with Crippen LogP contribution in [0, 0.1) is 5.92 Å². The Bertz CT molecular complexity index is 530. The molecule has 1 aromatic rings. The van der Waals surface area contributed by atoms with Crippen LogP contribution in [0.2, 0.25) is 0 Å². The molecule has 112 valence electrons. The SMILES string of the molecule is CCOC(=O)[C@H]1C[C@@H]2O[C@@H]2C[C@@H]1NC(=O)c1ccccc1. The molecule has 1 saturated heterocycles. The minimum absolute atomic E-state index is 0.157. The number of ether oxygens (including phenoxy) is 2. The molecule has 3 rings (SSSR count). The van der Waals surface area contributed by atoms with Crippen molar-refractivity contribution in [3.63, 3.8) is 0 Å². The third-order valence-electron chi connectivity index (χ3n) is 4.09. The summed E-state index contributed by atoms with van der Waals surface area (Å²) in [4.78, 5) is 24.3. The molecule has 21 heavy (non-hydrogen) atoms.